The fourth-order valence-electron chi connectivity index (χ4n) is 7.23. The van der Waals surface area contributed by atoms with Crippen molar-refractivity contribution in [3.63, 3.8) is 0 Å². The van der Waals surface area contributed by atoms with Crippen molar-refractivity contribution in [1.29, 1.82) is 0 Å². The van der Waals surface area contributed by atoms with Crippen LogP contribution in [-0.2, 0) is 28.6 Å². The lowest BCUT2D eigenvalue weighted by Crippen LogP contribution is -2.30. The molecule has 0 heterocycles. The topological polar surface area (TPSA) is 78.9 Å². The third-order valence-electron chi connectivity index (χ3n) is 11.4. The Labute approximate surface area is 412 Å². The standard InChI is InChI=1S/C61H100O6/c1-4-7-10-13-16-19-22-25-27-29-31-33-36-39-42-45-48-51-54-60(63)66-57-58(56-65-59(62)53-50-47-44-41-38-35-24-21-18-15-12-9-6-3)67-61(64)55-52-49-46-43-40-37-34-32-30-28-26-23-20-17-14-11-8-5-2/h10,13,16,19,22-23,25-35,38,58H,4-9,11-12,14-15,17-18,20-21,24,36-37,39-57H2,1-3H3/b13-10-,19-16-,25-22-,26-23-,29-27-,30-28-,33-31-,34-32-,38-35-. The second-order valence-electron chi connectivity index (χ2n) is 18.0. The Bertz CT molecular complexity index is 1390. The van der Waals surface area contributed by atoms with E-state index in [4.69, 9.17) is 14.2 Å². The molecule has 67 heavy (non-hydrogen) atoms. The van der Waals surface area contributed by atoms with Gasteiger partial charge in [-0.3, -0.25) is 14.4 Å². The summed E-state index contributed by atoms with van der Waals surface area (Å²) in [5.74, 6) is -0.967. The number of hydrogen-bond donors (Lipinski definition) is 0. The molecule has 0 aromatic carbocycles. The Hall–Kier alpha value is -3.93. The number of hydrogen-bond acceptors (Lipinski definition) is 6. The van der Waals surface area contributed by atoms with Crippen molar-refractivity contribution in [2.24, 2.45) is 0 Å². The van der Waals surface area contributed by atoms with E-state index in [-0.39, 0.29) is 31.1 Å². The van der Waals surface area contributed by atoms with Crippen LogP contribution in [0, 0.1) is 0 Å². The van der Waals surface area contributed by atoms with Crippen LogP contribution in [-0.4, -0.2) is 37.2 Å². The summed E-state index contributed by atoms with van der Waals surface area (Å²) < 4.78 is 16.8. The number of unbranched alkanes of at least 4 members (excludes halogenated alkanes) is 25. The highest BCUT2D eigenvalue weighted by Crippen LogP contribution is 2.13. The summed E-state index contributed by atoms with van der Waals surface area (Å²) in [6.07, 6.45) is 73.5. The third-order valence-corrected chi connectivity index (χ3v) is 11.4. The summed E-state index contributed by atoms with van der Waals surface area (Å²) in [5.41, 5.74) is 0. The molecule has 0 aliphatic carbocycles. The number of rotatable bonds is 48. The van der Waals surface area contributed by atoms with Gasteiger partial charge in [-0.15, -0.1) is 0 Å². The zero-order chi connectivity index (χ0) is 48.6. The largest absolute Gasteiger partial charge is 0.462 e. The zero-order valence-corrected chi connectivity index (χ0v) is 43.4. The summed E-state index contributed by atoms with van der Waals surface area (Å²) in [4.78, 5) is 38.1. The van der Waals surface area contributed by atoms with Gasteiger partial charge in [0, 0.05) is 19.3 Å². The summed E-state index contributed by atoms with van der Waals surface area (Å²) in [6.45, 7) is 6.47. The van der Waals surface area contributed by atoms with E-state index in [0.717, 1.165) is 122 Å². The van der Waals surface area contributed by atoms with Gasteiger partial charge < -0.3 is 14.2 Å². The Balaban J connectivity index is 4.52. The van der Waals surface area contributed by atoms with Crippen LogP contribution >= 0.6 is 0 Å². The van der Waals surface area contributed by atoms with Crippen LogP contribution in [0.4, 0.5) is 0 Å². The van der Waals surface area contributed by atoms with Gasteiger partial charge in [0.05, 0.1) is 0 Å². The van der Waals surface area contributed by atoms with Crippen molar-refractivity contribution >= 4 is 17.9 Å². The second kappa shape index (κ2) is 54.7. The maximum absolute atomic E-state index is 12.8. The van der Waals surface area contributed by atoms with Gasteiger partial charge in [0.25, 0.3) is 0 Å². The van der Waals surface area contributed by atoms with Crippen LogP contribution in [0.5, 0.6) is 0 Å². The minimum atomic E-state index is -0.808. The summed E-state index contributed by atoms with van der Waals surface area (Å²) in [7, 11) is 0. The van der Waals surface area contributed by atoms with E-state index in [0.29, 0.717) is 19.3 Å². The zero-order valence-electron chi connectivity index (χ0n) is 43.4. The molecule has 0 N–H and O–H groups in total. The van der Waals surface area contributed by atoms with Gasteiger partial charge in [0.1, 0.15) is 13.2 Å². The van der Waals surface area contributed by atoms with Gasteiger partial charge in [0.15, 0.2) is 6.10 Å². The van der Waals surface area contributed by atoms with Crippen LogP contribution in [0.1, 0.15) is 239 Å². The summed E-state index contributed by atoms with van der Waals surface area (Å²) >= 11 is 0. The molecular weight excluding hydrogens is 829 g/mol. The maximum atomic E-state index is 12.8. The van der Waals surface area contributed by atoms with E-state index in [1.807, 2.05) is 24.3 Å². The van der Waals surface area contributed by atoms with Crippen LogP contribution < -0.4 is 0 Å². The van der Waals surface area contributed by atoms with Crippen LogP contribution in [0.25, 0.3) is 0 Å². The van der Waals surface area contributed by atoms with Crippen LogP contribution in [0.15, 0.2) is 109 Å². The summed E-state index contributed by atoms with van der Waals surface area (Å²) in [6, 6.07) is 0. The van der Waals surface area contributed by atoms with Crippen molar-refractivity contribution in [3.05, 3.63) is 109 Å². The molecule has 0 saturated carbocycles. The first-order valence-corrected chi connectivity index (χ1v) is 27.5. The van der Waals surface area contributed by atoms with Gasteiger partial charge in [-0.25, -0.2) is 0 Å². The predicted molar refractivity (Wildman–Crippen MR) is 288 cm³/mol. The van der Waals surface area contributed by atoms with Crippen molar-refractivity contribution in [3.8, 4) is 0 Å². The molecule has 0 spiro atoms. The predicted octanol–water partition coefficient (Wildman–Crippen LogP) is 18.3. The molecule has 0 saturated heterocycles. The number of esters is 3. The lowest BCUT2D eigenvalue weighted by molar-refractivity contribution is -0.167. The van der Waals surface area contributed by atoms with Crippen molar-refractivity contribution in [2.75, 3.05) is 13.2 Å². The average molecular weight is 929 g/mol. The molecule has 1 atom stereocenters. The first-order chi connectivity index (χ1) is 33.0. The quantitative estimate of drug-likeness (QED) is 0.0199. The molecular formula is C61H100O6. The molecule has 0 radical (unpaired) electrons. The van der Waals surface area contributed by atoms with Crippen LogP contribution in [0.2, 0.25) is 0 Å². The Kier molecular flexibility index (Phi) is 51.5. The van der Waals surface area contributed by atoms with Crippen molar-refractivity contribution in [1.82, 2.24) is 0 Å². The van der Waals surface area contributed by atoms with Gasteiger partial charge in [-0.05, 0) is 89.9 Å². The number of carbonyl (C=O) groups excluding carboxylic acids is 3. The fourth-order valence-corrected chi connectivity index (χ4v) is 7.23. The van der Waals surface area contributed by atoms with Gasteiger partial charge in [-0.2, -0.15) is 0 Å². The molecule has 0 amide bonds. The first-order valence-electron chi connectivity index (χ1n) is 27.5. The molecule has 0 rings (SSSR count). The molecule has 0 aliphatic heterocycles. The minimum Gasteiger partial charge on any atom is -0.462 e. The molecule has 6 nitrogen and oxygen atoms in total. The molecule has 0 aromatic rings. The van der Waals surface area contributed by atoms with E-state index in [2.05, 4.69) is 106 Å². The summed E-state index contributed by atoms with van der Waals surface area (Å²) in [5, 5.41) is 0. The molecule has 0 aromatic heterocycles. The number of ether oxygens (including phenoxy) is 3. The number of carbonyl (C=O) groups is 3. The molecule has 6 heteroatoms. The second-order valence-corrected chi connectivity index (χ2v) is 18.0. The lowest BCUT2D eigenvalue weighted by atomic mass is 10.1. The van der Waals surface area contributed by atoms with Crippen molar-refractivity contribution in [2.45, 2.75) is 245 Å². The van der Waals surface area contributed by atoms with E-state index in [9.17, 15) is 14.4 Å². The monoisotopic (exact) mass is 929 g/mol. The lowest BCUT2D eigenvalue weighted by Gasteiger charge is -2.18. The van der Waals surface area contributed by atoms with Crippen molar-refractivity contribution < 1.29 is 28.6 Å². The van der Waals surface area contributed by atoms with E-state index < -0.39 is 6.10 Å². The van der Waals surface area contributed by atoms with E-state index in [1.165, 1.54) is 77.0 Å². The van der Waals surface area contributed by atoms with Crippen LogP contribution in [0.3, 0.4) is 0 Å². The average Bonchev–Trinajstić information content (AvgIpc) is 3.33. The molecule has 1 unspecified atom stereocenters. The SMILES string of the molecule is CCC\C=C/C=C\C=C/C=C\C=C/CCCCCCCC(=O)OCC(COC(=O)CCCCC/C=C\CCCCCCCC)OC(=O)CCCCCCC\C=C/C=C\C=C/CCCCCCC. The molecule has 0 fully saturated rings. The fraction of sp³-hybridized carbons (Fsp3) is 0.656. The molecule has 380 valence electrons. The third kappa shape index (κ3) is 52.9. The smallest absolute Gasteiger partial charge is 0.306 e. The highest BCUT2D eigenvalue weighted by molar-refractivity contribution is 5.71. The Morgan fingerprint density at radius 3 is 0.955 bits per heavy atom. The van der Waals surface area contributed by atoms with Gasteiger partial charge in [0.2, 0.25) is 0 Å². The highest BCUT2D eigenvalue weighted by atomic mass is 16.6. The van der Waals surface area contributed by atoms with Gasteiger partial charge in [-0.1, -0.05) is 239 Å². The normalized spacial score (nSPS) is 12.9. The van der Waals surface area contributed by atoms with Gasteiger partial charge >= 0.3 is 17.9 Å². The minimum absolute atomic E-state index is 0.105. The number of allylic oxidation sites excluding steroid dienone is 18. The Morgan fingerprint density at radius 2 is 0.582 bits per heavy atom. The Morgan fingerprint density at radius 1 is 0.299 bits per heavy atom. The molecule has 0 bridgehead atoms. The first kappa shape index (κ1) is 63.1. The highest BCUT2D eigenvalue weighted by Gasteiger charge is 2.19. The van der Waals surface area contributed by atoms with E-state index >= 15 is 0 Å². The maximum Gasteiger partial charge on any atom is 0.306 e. The van der Waals surface area contributed by atoms with E-state index in [1.54, 1.807) is 0 Å². The molecule has 0 aliphatic rings.